The highest BCUT2D eigenvalue weighted by molar-refractivity contribution is 5.83. The van der Waals surface area contributed by atoms with Crippen molar-refractivity contribution in [3.63, 3.8) is 0 Å². The first kappa shape index (κ1) is 33.4. The standard InChI is InChI=1S/C32H39N3O8/c1-2-23(33)31(41)35-25(19-36)27(38)28(39)29(40)32(42)34-24(20-12-6-3-7-13-20)18-26(37)43-30(21-14-8-4-9-15-21)22-16-10-5-11-17-22/h3-17,23-25,27-30,36,38-40H,2,18-19,33H2,1H3,(H,34,42)(H,35,41)/t23?,24?,25-,27+,28+,29-/m0/s1. The fourth-order valence-corrected chi connectivity index (χ4v) is 4.42. The molecule has 3 aromatic rings. The monoisotopic (exact) mass is 593 g/mol. The van der Waals surface area contributed by atoms with Crippen molar-refractivity contribution < 1.29 is 39.5 Å². The summed E-state index contributed by atoms with van der Waals surface area (Å²) in [6.07, 6.45) is -6.94. The molecule has 0 saturated carbocycles. The van der Waals surface area contributed by atoms with Gasteiger partial charge in [-0.3, -0.25) is 14.4 Å². The van der Waals surface area contributed by atoms with Gasteiger partial charge in [-0.2, -0.15) is 0 Å². The molecule has 0 aliphatic carbocycles. The summed E-state index contributed by atoms with van der Waals surface area (Å²) >= 11 is 0. The van der Waals surface area contributed by atoms with Crippen molar-refractivity contribution in [1.82, 2.24) is 10.6 Å². The van der Waals surface area contributed by atoms with Gasteiger partial charge in [-0.05, 0) is 23.1 Å². The second-order valence-corrected chi connectivity index (χ2v) is 10.1. The second-order valence-electron chi connectivity index (χ2n) is 10.1. The first-order chi connectivity index (χ1) is 20.7. The maximum Gasteiger partial charge on any atom is 0.309 e. The molecule has 3 rings (SSSR count). The van der Waals surface area contributed by atoms with Crippen molar-refractivity contribution in [1.29, 1.82) is 0 Å². The summed E-state index contributed by atoms with van der Waals surface area (Å²) in [7, 11) is 0. The van der Waals surface area contributed by atoms with E-state index < -0.39 is 66.9 Å². The molecule has 0 saturated heterocycles. The predicted molar refractivity (Wildman–Crippen MR) is 158 cm³/mol. The van der Waals surface area contributed by atoms with Crippen molar-refractivity contribution in [2.24, 2.45) is 5.73 Å². The van der Waals surface area contributed by atoms with Crippen LogP contribution in [-0.4, -0.2) is 75.2 Å². The van der Waals surface area contributed by atoms with Gasteiger partial charge in [0, 0.05) is 0 Å². The Hall–Kier alpha value is -4.13. The van der Waals surface area contributed by atoms with Crippen molar-refractivity contribution in [2.45, 2.75) is 62.3 Å². The molecule has 8 N–H and O–H groups in total. The van der Waals surface area contributed by atoms with Gasteiger partial charge in [0.05, 0.1) is 31.2 Å². The van der Waals surface area contributed by atoms with Crippen LogP contribution in [0.15, 0.2) is 91.0 Å². The number of aliphatic hydroxyl groups excluding tert-OH is 4. The van der Waals surface area contributed by atoms with Gasteiger partial charge >= 0.3 is 5.97 Å². The zero-order valence-corrected chi connectivity index (χ0v) is 23.8. The van der Waals surface area contributed by atoms with Crippen LogP contribution in [0.3, 0.4) is 0 Å². The Morgan fingerprint density at radius 1 is 0.744 bits per heavy atom. The number of hydrogen-bond donors (Lipinski definition) is 7. The Morgan fingerprint density at radius 2 is 1.23 bits per heavy atom. The van der Waals surface area contributed by atoms with Gasteiger partial charge in [0.25, 0.3) is 5.91 Å². The normalized spacial score (nSPS) is 15.4. The summed E-state index contributed by atoms with van der Waals surface area (Å²) in [6.45, 7) is 0.872. The molecule has 0 radical (unpaired) electrons. The van der Waals surface area contributed by atoms with Gasteiger partial charge in [-0.1, -0.05) is 97.9 Å². The summed E-state index contributed by atoms with van der Waals surface area (Å²) in [4.78, 5) is 38.4. The number of hydrogen-bond acceptors (Lipinski definition) is 9. The zero-order valence-electron chi connectivity index (χ0n) is 23.8. The minimum atomic E-state index is -2.18. The zero-order chi connectivity index (χ0) is 31.4. The molecule has 0 aliphatic rings. The highest BCUT2D eigenvalue weighted by Gasteiger charge is 2.37. The van der Waals surface area contributed by atoms with E-state index in [2.05, 4.69) is 10.6 Å². The van der Waals surface area contributed by atoms with Crippen LogP contribution in [0.2, 0.25) is 0 Å². The third-order valence-corrected chi connectivity index (χ3v) is 7.00. The number of ether oxygens (including phenoxy) is 1. The van der Waals surface area contributed by atoms with E-state index in [1.807, 2.05) is 60.7 Å². The number of nitrogens with one attached hydrogen (secondary N) is 2. The number of benzene rings is 3. The van der Waals surface area contributed by atoms with Crippen LogP contribution in [0.5, 0.6) is 0 Å². The Balaban J connectivity index is 1.75. The molecule has 0 bridgehead atoms. The summed E-state index contributed by atoms with van der Waals surface area (Å²) < 4.78 is 5.89. The number of carbonyl (C=O) groups is 3. The molecule has 11 nitrogen and oxygen atoms in total. The highest BCUT2D eigenvalue weighted by atomic mass is 16.5. The lowest BCUT2D eigenvalue weighted by Gasteiger charge is -2.30. The van der Waals surface area contributed by atoms with E-state index in [4.69, 9.17) is 10.5 Å². The first-order valence-corrected chi connectivity index (χ1v) is 14.0. The van der Waals surface area contributed by atoms with E-state index in [1.165, 1.54) is 0 Å². The minimum absolute atomic E-state index is 0.286. The van der Waals surface area contributed by atoms with Gasteiger partial charge in [-0.25, -0.2) is 0 Å². The average Bonchev–Trinajstić information content (AvgIpc) is 3.05. The fraction of sp³-hybridized carbons (Fsp3) is 0.344. The van der Waals surface area contributed by atoms with Gasteiger partial charge in [0.15, 0.2) is 12.2 Å². The molecule has 0 spiro atoms. The van der Waals surface area contributed by atoms with Crippen LogP contribution < -0.4 is 16.4 Å². The van der Waals surface area contributed by atoms with Crippen LogP contribution in [0, 0.1) is 0 Å². The molecule has 2 amide bonds. The molecule has 0 heterocycles. The fourth-order valence-electron chi connectivity index (χ4n) is 4.42. The van der Waals surface area contributed by atoms with Crippen molar-refractivity contribution >= 4 is 17.8 Å². The molecular formula is C32H39N3O8. The lowest BCUT2D eigenvalue weighted by Crippen LogP contribution is -2.58. The van der Waals surface area contributed by atoms with Gasteiger partial charge in [-0.15, -0.1) is 0 Å². The largest absolute Gasteiger partial charge is 0.452 e. The number of aliphatic hydroxyl groups is 4. The molecule has 3 aromatic carbocycles. The lowest BCUT2D eigenvalue weighted by atomic mass is 9.98. The Morgan fingerprint density at radius 3 is 1.70 bits per heavy atom. The van der Waals surface area contributed by atoms with Crippen molar-refractivity contribution in [3.8, 4) is 0 Å². The van der Waals surface area contributed by atoms with Crippen molar-refractivity contribution in [2.75, 3.05) is 6.61 Å². The molecule has 2 unspecified atom stereocenters. The quantitative estimate of drug-likeness (QED) is 0.125. The lowest BCUT2D eigenvalue weighted by molar-refractivity contribution is -0.149. The second kappa shape index (κ2) is 16.5. The smallest absolute Gasteiger partial charge is 0.309 e. The van der Waals surface area contributed by atoms with Crippen molar-refractivity contribution in [3.05, 3.63) is 108 Å². The topological polar surface area (TPSA) is 191 Å². The average molecular weight is 594 g/mol. The Labute approximate surface area is 250 Å². The predicted octanol–water partition coefficient (Wildman–Crippen LogP) is 0.864. The maximum absolute atomic E-state index is 13.3. The van der Waals surface area contributed by atoms with E-state index in [-0.39, 0.29) is 12.8 Å². The molecular weight excluding hydrogens is 554 g/mol. The summed E-state index contributed by atoms with van der Waals surface area (Å²) in [6, 6.07) is 23.6. The highest BCUT2D eigenvalue weighted by Crippen LogP contribution is 2.28. The number of esters is 1. The van der Waals surface area contributed by atoms with Gasteiger partial charge < -0.3 is 41.5 Å². The first-order valence-electron chi connectivity index (χ1n) is 14.0. The maximum atomic E-state index is 13.3. The summed E-state index contributed by atoms with van der Waals surface area (Å²) in [5, 5.41) is 46.2. The van der Waals surface area contributed by atoms with E-state index >= 15 is 0 Å². The molecule has 11 heteroatoms. The SMILES string of the molecule is CCC(N)C(=O)N[C@@H](CO)[C@@H](O)[C@@H](O)[C@H](O)C(=O)NC(CC(=O)OC(c1ccccc1)c1ccccc1)c1ccccc1. The molecule has 0 fully saturated rings. The van der Waals surface area contributed by atoms with E-state index in [9.17, 15) is 34.8 Å². The molecule has 230 valence electrons. The third-order valence-electron chi connectivity index (χ3n) is 7.00. The molecule has 0 aromatic heterocycles. The van der Waals surface area contributed by atoms with Crippen LogP contribution >= 0.6 is 0 Å². The molecule has 6 atom stereocenters. The number of rotatable bonds is 15. The number of carbonyl (C=O) groups excluding carboxylic acids is 3. The minimum Gasteiger partial charge on any atom is -0.452 e. The molecule has 43 heavy (non-hydrogen) atoms. The van der Waals surface area contributed by atoms with Crippen LogP contribution in [0.1, 0.15) is 48.6 Å². The van der Waals surface area contributed by atoms with E-state index in [1.54, 1.807) is 37.3 Å². The van der Waals surface area contributed by atoms with Crippen LogP contribution in [-0.2, 0) is 19.1 Å². The number of nitrogens with two attached hydrogens (primary N) is 1. The van der Waals surface area contributed by atoms with Gasteiger partial charge in [0.1, 0.15) is 12.2 Å². The van der Waals surface area contributed by atoms with Gasteiger partial charge in [0.2, 0.25) is 5.91 Å². The molecule has 0 aliphatic heterocycles. The van der Waals surface area contributed by atoms with Crippen LogP contribution in [0.25, 0.3) is 0 Å². The van der Waals surface area contributed by atoms with E-state index in [0.29, 0.717) is 5.56 Å². The number of amides is 2. The summed E-state index contributed by atoms with van der Waals surface area (Å²) in [5.41, 5.74) is 7.69. The Kier molecular flexibility index (Phi) is 12.8. The van der Waals surface area contributed by atoms with E-state index in [0.717, 1.165) is 11.1 Å². The Bertz CT molecular complexity index is 1260. The summed E-state index contributed by atoms with van der Waals surface area (Å²) in [5.74, 6) is -2.42. The third kappa shape index (κ3) is 9.43. The van der Waals surface area contributed by atoms with Crippen LogP contribution in [0.4, 0.5) is 0 Å².